The first kappa shape index (κ1) is 18.5. The van der Waals surface area contributed by atoms with Gasteiger partial charge in [-0.1, -0.05) is 0 Å². The van der Waals surface area contributed by atoms with Crippen molar-refractivity contribution in [1.29, 1.82) is 0 Å². The minimum absolute atomic E-state index is 0.00107. The van der Waals surface area contributed by atoms with Gasteiger partial charge in [0.15, 0.2) is 11.6 Å². The fourth-order valence-electron chi connectivity index (χ4n) is 1.91. The van der Waals surface area contributed by atoms with Crippen LogP contribution in [0.5, 0.6) is 11.5 Å². The lowest BCUT2D eigenvalue weighted by Crippen LogP contribution is -2.13. The number of rotatable bonds is 8. The van der Waals surface area contributed by atoms with Crippen LogP contribution in [-0.4, -0.2) is 31.2 Å². The number of nitrogens with one attached hydrogen (secondary N) is 1. The molecule has 0 aliphatic heterocycles. The van der Waals surface area contributed by atoms with Gasteiger partial charge in [0, 0.05) is 12.1 Å². The molecule has 2 aromatic rings. The largest absolute Gasteiger partial charge is 0.508 e. The molecule has 0 aliphatic rings. The minimum Gasteiger partial charge on any atom is -0.508 e. The van der Waals surface area contributed by atoms with Crippen LogP contribution >= 0.6 is 0 Å². The zero-order valence-corrected chi connectivity index (χ0v) is 13.8. The highest BCUT2D eigenvalue weighted by atomic mass is 32.2. The molecular formula is C16H16FNO6S. The number of benzene rings is 2. The smallest absolute Gasteiger partial charge is 0.303 e. The molecule has 0 bridgehead atoms. The number of ether oxygens (including phenoxy) is 1. The zero-order valence-electron chi connectivity index (χ0n) is 13.0. The fraction of sp³-hybridized carbons (Fsp3) is 0.188. The van der Waals surface area contributed by atoms with Crippen LogP contribution < -0.4 is 9.46 Å². The molecule has 0 radical (unpaired) electrons. The van der Waals surface area contributed by atoms with Crippen molar-refractivity contribution in [2.75, 3.05) is 11.3 Å². The monoisotopic (exact) mass is 369 g/mol. The number of carboxylic acid groups (broad SMARTS) is 1. The highest BCUT2D eigenvalue weighted by Gasteiger charge is 2.17. The second kappa shape index (κ2) is 7.84. The summed E-state index contributed by atoms with van der Waals surface area (Å²) >= 11 is 0. The Labute approximate surface area is 143 Å². The highest BCUT2D eigenvalue weighted by Crippen LogP contribution is 2.23. The number of carbonyl (C=O) groups is 1. The first-order valence-electron chi connectivity index (χ1n) is 7.24. The van der Waals surface area contributed by atoms with Crippen LogP contribution in [0.1, 0.15) is 12.8 Å². The van der Waals surface area contributed by atoms with Gasteiger partial charge in [0.2, 0.25) is 0 Å². The minimum atomic E-state index is -4.01. The molecule has 0 saturated heterocycles. The van der Waals surface area contributed by atoms with Gasteiger partial charge in [0.05, 0.1) is 11.5 Å². The molecule has 3 N–H and O–H groups in total. The maximum Gasteiger partial charge on any atom is 0.303 e. The molecule has 0 heterocycles. The molecule has 0 aromatic heterocycles. The number of anilines is 1. The van der Waals surface area contributed by atoms with E-state index < -0.39 is 21.8 Å². The molecule has 0 saturated carbocycles. The summed E-state index contributed by atoms with van der Waals surface area (Å²) in [5.41, 5.74) is 0.215. The van der Waals surface area contributed by atoms with E-state index in [9.17, 15) is 22.7 Å². The second-order valence-electron chi connectivity index (χ2n) is 5.09. The molecule has 25 heavy (non-hydrogen) atoms. The predicted molar refractivity (Wildman–Crippen MR) is 87.7 cm³/mol. The quantitative estimate of drug-likeness (QED) is 0.487. The summed E-state index contributed by atoms with van der Waals surface area (Å²) < 4.78 is 45.8. The van der Waals surface area contributed by atoms with E-state index >= 15 is 0 Å². The van der Waals surface area contributed by atoms with E-state index in [0.29, 0.717) is 0 Å². The van der Waals surface area contributed by atoms with Gasteiger partial charge < -0.3 is 14.9 Å². The highest BCUT2D eigenvalue weighted by molar-refractivity contribution is 7.92. The van der Waals surface area contributed by atoms with Gasteiger partial charge in [-0.3, -0.25) is 9.52 Å². The summed E-state index contributed by atoms with van der Waals surface area (Å²) in [5, 5.41) is 17.7. The van der Waals surface area contributed by atoms with Crippen molar-refractivity contribution < 1.29 is 32.6 Å². The summed E-state index contributed by atoms with van der Waals surface area (Å²) in [5.74, 6) is -2.03. The number of sulfonamides is 1. The summed E-state index contributed by atoms with van der Waals surface area (Å²) in [7, 11) is -4.01. The fourth-order valence-corrected chi connectivity index (χ4v) is 2.98. The van der Waals surface area contributed by atoms with E-state index in [-0.39, 0.29) is 41.5 Å². The van der Waals surface area contributed by atoms with Crippen LogP contribution in [0.4, 0.5) is 10.1 Å². The molecule has 0 unspecified atom stereocenters. The van der Waals surface area contributed by atoms with E-state index in [1.807, 2.05) is 0 Å². The van der Waals surface area contributed by atoms with Gasteiger partial charge in [0.25, 0.3) is 10.0 Å². The molecule has 2 rings (SSSR count). The van der Waals surface area contributed by atoms with Crippen molar-refractivity contribution in [3.63, 3.8) is 0 Å². The number of carboxylic acids is 1. The Balaban J connectivity index is 2.07. The summed E-state index contributed by atoms with van der Waals surface area (Å²) in [6.45, 7) is 0.00107. The van der Waals surface area contributed by atoms with E-state index in [1.165, 1.54) is 36.4 Å². The van der Waals surface area contributed by atoms with E-state index in [1.54, 1.807) is 0 Å². The van der Waals surface area contributed by atoms with Crippen LogP contribution in [0.3, 0.4) is 0 Å². The Morgan fingerprint density at radius 1 is 1.16 bits per heavy atom. The van der Waals surface area contributed by atoms with Crippen molar-refractivity contribution in [3.8, 4) is 11.5 Å². The zero-order chi connectivity index (χ0) is 18.4. The third kappa shape index (κ3) is 5.35. The molecule has 0 amide bonds. The summed E-state index contributed by atoms with van der Waals surface area (Å²) in [6, 6.07) is 8.51. The van der Waals surface area contributed by atoms with Crippen molar-refractivity contribution in [3.05, 3.63) is 48.3 Å². The molecule has 0 spiro atoms. The van der Waals surface area contributed by atoms with Crippen LogP contribution in [-0.2, 0) is 14.8 Å². The number of aromatic hydroxyl groups is 1. The van der Waals surface area contributed by atoms with Crippen LogP contribution in [0.15, 0.2) is 47.4 Å². The number of halogens is 1. The molecule has 2 aromatic carbocycles. The van der Waals surface area contributed by atoms with Gasteiger partial charge >= 0.3 is 5.97 Å². The van der Waals surface area contributed by atoms with Crippen molar-refractivity contribution in [2.24, 2.45) is 0 Å². The molecule has 0 atom stereocenters. The van der Waals surface area contributed by atoms with Gasteiger partial charge in [-0.2, -0.15) is 0 Å². The topological polar surface area (TPSA) is 113 Å². The molecule has 134 valence electrons. The molecule has 0 fully saturated rings. The maximum atomic E-state index is 14.0. The Bertz CT molecular complexity index is 851. The summed E-state index contributed by atoms with van der Waals surface area (Å²) in [6.07, 6.45) is 0.0991. The maximum absolute atomic E-state index is 14.0. The van der Waals surface area contributed by atoms with Crippen LogP contribution in [0.25, 0.3) is 0 Å². The molecule has 9 heteroatoms. The van der Waals surface area contributed by atoms with Gasteiger partial charge in [-0.15, -0.1) is 0 Å². The van der Waals surface area contributed by atoms with Crippen molar-refractivity contribution in [1.82, 2.24) is 0 Å². The molecular weight excluding hydrogens is 353 g/mol. The average molecular weight is 369 g/mol. The third-order valence-electron chi connectivity index (χ3n) is 3.13. The lowest BCUT2D eigenvalue weighted by Gasteiger charge is -2.10. The number of hydrogen-bond donors (Lipinski definition) is 3. The average Bonchev–Trinajstić information content (AvgIpc) is 2.54. The predicted octanol–water partition coefficient (Wildman–Crippen LogP) is 2.58. The van der Waals surface area contributed by atoms with E-state index in [0.717, 1.165) is 6.07 Å². The first-order valence-corrected chi connectivity index (χ1v) is 8.72. The van der Waals surface area contributed by atoms with Gasteiger partial charge in [-0.25, -0.2) is 12.8 Å². The lowest BCUT2D eigenvalue weighted by molar-refractivity contribution is -0.137. The molecule has 7 nitrogen and oxygen atoms in total. The van der Waals surface area contributed by atoms with Gasteiger partial charge in [0.1, 0.15) is 5.75 Å². The van der Waals surface area contributed by atoms with Crippen molar-refractivity contribution in [2.45, 2.75) is 17.7 Å². The van der Waals surface area contributed by atoms with E-state index in [4.69, 9.17) is 9.84 Å². The SMILES string of the molecule is O=C(O)CCCOc1ccc(S(=O)(=O)Nc2ccc(O)cc2)cc1F. The molecule has 0 aliphatic carbocycles. The first-order chi connectivity index (χ1) is 11.8. The number of aliphatic carboxylic acids is 1. The Kier molecular flexibility index (Phi) is 5.81. The van der Waals surface area contributed by atoms with Crippen LogP contribution in [0.2, 0.25) is 0 Å². The third-order valence-corrected chi connectivity index (χ3v) is 4.50. The second-order valence-corrected chi connectivity index (χ2v) is 6.77. The van der Waals surface area contributed by atoms with E-state index in [2.05, 4.69) is 4.72 Å². The lowest BCUT2D eigenvalue weighted by atomic mass is 10.3. The number of phenols is 1. The Morgan fingerprint density at radius 2 is 1.84 bits per heavy atom. The standard InChI is InChI=1S/C16H16FNO6S/c17-14-10-13(7-8-15(14)24-9-1-2-16(20)21)25(22,23)18-11-3-5-12(19)6-4-11/h3-8,10,18-19H,1-2,9H2,(H,20,21). The van der Waals surface area contributed by atoms with Gasteiger partial charge in [-0.05, 0) is 48.9 Å². The Hall–Kier alpha value is -2.81. The Morgan fingerprint density at radius 3 is 2.44 bits per heavy atom. The summed E-state index contributed by atoms with van der Waals surface area (Å²) in [4.78, 5) is 10.1. The van der Waals surface area contributed by atoms with Crippen LogP contribution in [0, 0.1) is 5.82 Å². The normalized spacial score (nSPS) is 11.1. The number of hydrogen-bond acceptors (Lipinski definition) is 5. The number of phenolic OH excluding ortho intramolecular Hbond substituents is 1. The van der Waals surface area contributed by atoms with Crippen molar-refractivity contribution >= 4 is 21.7 Å².